The van der Waals surface area contributed by atoms with E-state index in [0.717, 1.165) is 27.7 Å². The average molecular weight is 269 g/mol. The molecular formula is C16H16FN3. The van der Waals surface area contributed by atoms with Gasteiger partial charge in [0.2, 0.25) is 0 Å². The summed E-state index contributed by atoms with van der Waals surface area (Å²) in [7, 11) is 0. The summed E-state index contributed by atoms with van der Waals surface area (Å²) in [5, 5.41) is 0.987. The summed E-state index contributed by atoms with van der Waals surface area (Å²) in [5.41, 5.74) is 10.3. The van der Waals surface area contributed by atoms with Crippen LogP contribution in [0.4, 0.5) is 10.2 Å². The van der Waals surface area contributed by atoms with Gasteiger partial charge in [-0.25, -0.2) is 9.37 Å². The first-order valence-corrected chi connectivity index (χ1v) is 6.63. The highest BCUT2D eigenvalue weighted by Crippen LogP contribution is 2.35. The molecular weight excluding hydrogens is 253 g/mol. The number of nitrogens with zero attached hydrogens (tertiary/aromatic N) is 1. The van der Waals surface area contributed by atoms with Gasteiger partial charge < -0.3 is 10.7 Å². The Morgan fingerprint density at radius 2 is 2.15 bits per heavy atom. The van der Waals surface area contributed by atoms with Crippen molar-refractivity contribution < 1.29 is 4.39 Å². The minimum atomic E-state index is -0.174. The van der Waals surface area contributed by atoms with Gasteiger partial charge in [0.05, 0.1) is 0 Å². The maximum atomic E-state index is 13.9. The average Bonchev–Trinajstić information content (AvgIpc) is 2.73. The van der Waals surface area contributed by atoms with Crippen LogP contribution >= 0.6 is 0 Å². The molecule has 0 spiro atoms. The number of halogens is 1. The number of aromatic amines is 1. The van der Waals surface area contributed by atoms with Crippen molar-refractivity contribution in [3.63, 3.8) is 0 Å². The highest BCUT2D eigenvalue weighted by molar-refractivity contribution is 6.00. The first-order valence-electron chi connectivity index (χ1n) is 6.63. The fraction of sp³-hybridized carbons (Fsp3) is 0.188. The summed E-state index contributed by atoms with van der Waals surface area (Å²) < 4.78 is 13.9. The van der Waals surface area contributed by atoms with Crippen LogP contribution < -0.4 is 5.73 Å². The number of rotatable bonds is 2. The van der Waals surface area contributed by atoms with Crippen LogP contribution in [-0.4, -0.2) is 9.97 Å². The molecule has 0 bridgehead atoms. The van der Waals surface area contributed by atoms with E-state index < -0.39 is 0 Å². The van der Waals surface area contributed by atoms with Crippen molar-refractivity contribution in [1.29, 1.82) is 0 Å². The molecule has 2 heterocycles. The molecule has 0 fully saturated rings. The molecule has 3 N–H and O–H groups in total. The second kappa shape index (κ2) is 4.63. The number of fused-ring (bicyclic) bond motifs is 1. The van der Waals surface area contributed by atoms with Crippen molar-refractivity contribution in [2.45, 2.75) is 20.3 Å². The smallest absolute Gasteiger partial charge is 0.131 e. The lowest BCUT2D eigenvalue weighted by atomic mass is 10.0. The second-order valence-corrected chi connectivity index (χ2v) is 4.90. The molecule has 4 heteroatoms. The molecule has 20 heavy (non-hydrogen) atoms. The fourth-order valence-electron chi connectivity index (χ4n) is 2.64. The van der Waals surface area contributed by atoms with Crippen molar-refractivity contribution in [1.82, 2.24) is 9.97 Å². The quantitative estimate of drug-likeness (QED) is 0.743. The predicted molar refractivity (Wildman–Crippen MR) is 80.0 cm³/mol. The number of nitrogens with one attached hydrogen (secondary N) is 1. The number of pyridine rings is 1. The van der Waals surface area contributed by atoms with Gasteiger partial charge in [0.15, 0.2) is 0 Å². The Kier molecular flexibility index (Phi) is 2.93. The van der Waals surface area contributed by atoms with Crippen molar-refractivity contribution in [2.75, 3.05) is 5.73 Å². The van der Waals surface area contributed by atoms with Crippen molar-refractivity contribution in [2.24, 2.45) is 0 Å². The van der Waals surface area contributed by atoms with E-state index in [4.69, 9.17) is 5.73 Å². The lowest BCUT2D eigenvalue weighted by molar-refractivity contribution is 0.614. The first-order chi connectivity index (χ1) is 9.61. The highest BCUT2D eigenvalue weighted by atomic mass is 19.1. The number of aryl methyl sites for hydroxylation is 2. The third-order valence-corrected chi connectivity index (χ3v) is 3.64. The number of benzene rings is 1. The summed E-state index contributed by atoms with van der Waals surface area (Å²) in [5.74, 6) is 0.311. The van der Waals surface area contributed by atoms with Gasteiger partial charge in [-0.2, -0.15) is 0 Å². The number of aromatic nitrogens is 2. The van der Waals surface area contributed by atoms with Crippen LogP contribution in [0.3, 0.4) is 0 Å². The highest BCUT2D eigenvalue weighted by Gasteiger charge is 2.15. The minimum absolute atomic E-state index is 0.174. The van der Waals surface area contributed by atoms with Gasteiger partial charge in [0.25, 0.3) is 0 Å². The number of hydrogen-bond donors (Lipinski definition) is 2. The molecule has 3 rings (SSSR count). The first kappa shape index (κ1) is 12.7. The van der Waals surface area contributed by atoms with Crippen LogP contribution in [0.25, 0.3) is 22.0 Å². The topological polar surface area (TPSA) is 54.7 Å². The van der Waals surface area contributed by atoms with E-state index in [1.807, 2.05) is 32.0 Å². The predicted octanol–water partition coefficient (Wildman–Crippen LogP) is 3.82. The molecule has 0 saturated heterocycles. The Morgan fingerprint density at radius 3 is 2.85 bits per heavy atom. The summed E-state index contributed by atoms with van der Waals surface area (Å²) in [6, 6.07) is 7.24. The minimum Gasteiger partial charge on any atom is -0.383 e. The number of nitrogen functional groups attached to an aromatic ring is 1. The van der Waals surface area contributed by atoms with Crippen LogP contribution in [0.5, 0.6) is 0 Å². The second-order valence-electron chi connectivity index (χ2n) is 4.90. The Balaban J connectivity index is 2.36. The van der Waals surface area contributed by atoms with Gasteiger partial charge in [-0.1, -0.05) is 6.92 Å². The SMILES string of the molecule is CCc1cc2c(-c3cccnc3N)c(C)[nH]c2cc1F. The van der Waals surface area contributed by atoms with Gasteiger partial charge >= 0.3 is 0 Å². The van der Waals surface area contributed by atoms with Crippen molar-refractivity contribution in [3.05, 3.63) is 47.5 Å². The van der Waals surface area contributed by atoms with Gasteiger partial charge in [-0.15, -0.1) is 0 Å². The number of nitrogens with two attached hydrogens (primary N) is 1. The standard InChI is InChI=1S/C16H16FN3/c1-3-10-7-12-14(8-13(10)17)20-9(2)15(12)11-5-4-6-19-16(11)18/h4-8,20H,3H2,1-2H3,(H2,18,19). The van der Waals surface area contributed by atoms with Crippen LogP contribution in [0.15, 0.2) is 30.5 Å². The summed E-state index contributed by atoms with van der Waals surface area (Å²) in [6.07, 6.45) is 2.33. The fourth-order valence-corrected chi connectivity index (χ4v) is 2.64. The molecule has 0 aliphatic rings. The molecule has 0 unspecified atom stereocenters. The maximum absolute atomic E-state index is 13.9. The molecule has 102 valence electrons. The van der Waals surface area contributed by atoms with Gasteiger partial charge in [-0.05, 0) is 43.2 Å². The summed E-state index contributed by atoms with van der Waals surface area (Å²) in [4.78, 5) is 7.35. The molecule has 2 aromatic heterocycles. The molecule has 0 aliphatic heterocycles. The molecule has 0 saturated carbocycles. The zero-order chi connectivity index (χ0) is 14.3. The van der Waals surface area contributed by atoms with Crippen molar-refractivity contribution >= 4 is 16.7 Å². The van der Waals surface area contributed by atoms with Crippen molar-refractivity contribution in [3.8, 4) is 11.1 Å². The van der Waals surface area contributed by atoms with Gasteiger partial charge in [0, 0.05) is 33.9 Å². The zero-order valence-corrected chi connectivity index (χ0v) is 11.5. The monoisotopic (exact) mass is 269 g/mol. The summed E-state index contributed by atoms with van der Waals surface area (Å²) in [6.45, 7) is 3.91. The molecule has 3 nitrogen and oxygen atoms in total. The molecule has 3 aromatic rings. The summed E-state index contributed by atoms with van der Waals surface area (Å²) >= 11 is 0. The zero-order valence-electron chi connectivity index (χ0n) is 11.5. The molecule has 0 amide bonds. The molecule has 1 aromatic carbocycles. The van der Waals surface area contributed by atoms with Gasteiger partial charge in [-0.3, -0.25) is 0 Å². The van der Waals surface area contributed by atoms with Crippen LogP contribution in [0.1, 0.15) is 18.2 Å². The third-order valence-electron chi connectivity index (χ3n) is 3.64. The number of anilines is 1. The normalized spacial score (nSPS) is 11.2. The van der Waals surface area contributed by atoms with Crippen LogP contribution in [0, 0.1) is 12.7 Å². The lowest BCUT2D eigenvalue weighted by Gasteiger charge is -2.06. The maximum Gasteiger partial charge on any atom is 0.131 e. The Morgan fingerprint density at radius 1 is 1.35 bits per heavy atom. The van der Waals surface area contributed by atoms with Gasteiger partial charge in [0.1, 0.15) is 11.6 Å². The third kappa shape index (κ3) is 1.84. The number of H-pyrrole nitrogens is 1. The lowest BCUT2D eigenvalue weighted by Crippen LogP contribution is -1.94. The van der Waals surface area contributed by atoms with E-state index in [9.17, 15) is 4.39 Å². The van der Waals surface area contributed by atoms with E-state index in [-0.39, 0.29) is 5.82 Å². The van der Waals surface area contributed by atoms with E-state index in [2.05, 4.69) is 9.97 Å². The van der Waals surface area contributed by atoms with Crippen LogP contribution in [0.2, 0.25) is 0 Å². The molecule has 0 radical (unpaired) electrons. The number of hydrogen-bond acceptors (Lipinski definition) is 2. The van der Waals surface area contributed by atoms with Crippen LogP contribution in [-0.2, 0) is 6.42 Å². The van der Waals surface area contributed by atoms with E-state index in [1.54, 1.807) is 12.3 Å². The van der Waals surface area contributed by atoms with E-state index in [0.29, 0.717) is 17.8 Å². The Hall–Kier alpha value is -2.36. The molecule has 0 atom stereocenters. The molecule has 0 aliphatic carbocycles. The van der Waals surface area contributed by atoms with E-state index >= 15 is 0 Å². The van der Waals surface area contributed by atoms with E-state index in [1.165, 1.54) is 0 Å². The Labute approximate surface area is 116 Å². The Bertz CT molecular complexity index is 790. The largest absolute Gasteiger partial charge is 0.383 e.